The van der Waals surface area contributed by atoms with Crippen molar-refractivity contribution in [3.05, 3.63) is 89.5 Å². The average molecular weight is 486 g/mol. The van der Waals surface area contributed by atoms with Gasteiger partial charge in [-0.25, -0.2) is 0 Å². The quantitative estimate of drug-likeness (QED) is 0.430. The van der Waals surface area contributed by atoms with Crippen LogP contribution in [0.2, 0.25) is 0 Å². The number of carbonyl (C=O) groups excluding carboxylic acids is 2. The molecule has 0 saturated carbocycles. The number of ketones is 1. The van der Waals surface area contributed by atoms with E-state index in [4.69, 9.17) is 10.7 Å². The Morgan fingerprint density at radius 2 is 1.94 bits per heavy atom. The Hall–Kier alpha value is -3.51. The molecule has 0 aromatic heterocycles. The number of nitrogens with one attached hydrogen (secondary N) is 1. The van der Waals surface area contributed by atoms with Crippen molar-refractivity contribution in [3.63, 3.8) is 0 Å². The molecule has 0 bridgehead atoms. The number of benzodiazepines with no additional fused rings is 1. The lowest BCUT2D eigenvalue weighted by Gasteiger charge is -2.48. The summed E-state index contributed by atoms with van der Waals surface area (Å²) in [4.78, 5) is 34.0. The number of fused-ring (bicyclic) bond motifs is 1. The van der Waals surface area contributed by atoms with Gasteiger partial charge in [-0.15, -0.1) is 0 Å². The van der Waals surface area contributed by atoms with E-state index in [9.17, 15) is 14.9 Å². The number of Topliss-reactive ketones (excluding diaryl/α,β-unsaturated/α-hetero) is 1. The summed E-state index contributed by atoms with van der Waals surface area (Å²) in [6.45, 7) is 1.86. The zero-order valence-electron chi connectivity index (χ0n) is 19.6. The first-order chi connectivity index (χ1) is 16.9. The van der Waals surface area contributed by atoms with Crippen LogP contribution in [-0.2, 0) is 9.59 Å². The predicted molar refractivity (Wildman–Crippen MR) is 140 cm³/mol. The summed E-state index contributed by atoms with van der Waals surface area (Å²) < 4.78 is 0. The molecule has 0 spiro atoms. The average Bonchev–Trinajstić information content (AvgIpc) is 3.02. The molecular weight excluding hydrogens is 458 g/mol. The van der Waals surface area contributed by atoms with E-state index in [0.29, 0.717) is 17.0 Å². The van der Waals surface area contributed by atoms with Gasteiger partial charge >= 0.3 is 0 Å². The largest absolute Gasteiger partial charge is 0.321 e. The van der Waals surface area contributed by atoms with Gasteiger partial charge in [0.25, 0.3) is 5.91 Å². The first-order valence-corrected chi connectivity index (χ1v) is 11.9. The van der Waals surface area contributed by atoms with Gasteiger partial charge in [-0.05, 0) is 25.6 Å². The second-order valence-corrected chi connectivity index (χ2v) is 8.85. The molecular formula is C27H27N5O2S. The molecule has 1 aliphatic carbocycles. The van der Waals surface area contributed by atoms with Crippen molar-refractivity contribution in [1.29, 1.82) is 5.26 Å². The maximum atomic E-state index is 14.3. The van der Waals surface area contributed by atoms with Gasteiger partial charge in [0.05, 0.1) is 23.5 Å². The highest BCUT2D eigenvalue weighted by molar-refractivity contribution is 7.80. The van der Waals surface area contributed by atoms with E-state index in [1.165, 1.54) is 4.90 Å². The monoisotopic (exact) mass is 485 g/mol. The number of nitriles is 1. The van der Waals surface area contributed by atoms with Crippen LogP contribution in [0.1, 0.15) is 18.1 Å². The van der Waals surface area contributed by atoms with Crippen LogP contribution in [0, 0.1) is 17.2 Å². The van der Waals surface area contributed by atoms with Crippen molar-refractivity contribution >= 4 is 35.7 Å². The highest BCUT2D eigenvalue weighted by atomic mass is 32.1. The van der Waals surface area contributed by atoms with Crippen LogP contribution in [0.25, 0.3) is 0 Å². The van der Waals surface area contributed by atoms with Gasteiger partial charge in [-0.1, -0.05) is 66.8 Å². The molecule has 2 aromatic rings. The second-order valence-electron chi connectivity index (χ2n) is 8.49. The third kappa shape index (κ3) is 4.02. The highest BCUT2D eigenvalue weighted by Crippen LogP contribution is 2.41. The van der Waals surface area contributed by atoms with Crippen LogP contribution in [-0.4, -0.2) is 47.9 Å². The number of para-hydroxylation sites is 1. The van der Waals surface area contributed by atoms with Gasteiger partial charge in [0.2, 0.25) is 0 Å². The predicted octanol–water partition coefficient (Wildman–Crippen LogP) is 2.64. The number of aliphatic imine (C=N–C) groups is 1. The Labute approximate surface area is 210 Å². The van der Waals surface area contributed by atoms with Crippen molar-refractivity contribution < 1.29 is 9.59 Å². The van der Waals surface area contributed by atoms with Crippen LogP contribution in [0.5, 0.6) is 0 Å². The zero-order valence-corrected chi connectivity index (χ0v) is 20.4. The SMILES string of the molecule is CNC1(N2C(=O)C(C(=O)C(N)CS)N=C(c3ccccc3)c3ccccc32)C(C)=CC=CC1C#N. The molecule has 7 nitrogen and oxygen atoms in total. The van der Waals surface area contributed by atoms with Crippen LogP contribution in [0.4, 0.5) is 5.69 Å². The standard InChI is InChI=1S/C27H27N5O2S/c1-17-9-8-12-19(15-28)27(17,30-2)32-22-14-7-6-13-20(22)23(18-10-4-3-5-11-18)31-24(26(32)34)25(33)21(29)16-35/h3-14,19,21,24,30,35H,16,29H2,1-2H3. The van der Waals surface area contributed by atoms with E-state index in [1.807, 2.05) is 67.6 Å². The summed E-state index contributed by atoms with van der Waals surface area (Å²) in [6, 6.07) is 16.7. The van der Waals surface area contributed by atoms with E-state index in [0.717, 1.165) is 11.1 Å². The molecule has 4 unspecified atom stereocenters. The number of likely N-dealkylation sites (N-methyl/N-ethyl adjacent to an activating group) is 1. The molecule has 1 aliphatic heterocycles. The molecule has 0 radical (unpaired) electrons. The molecule has 3 N–H and O–H groups in total. The zero-order chi connectivity index (χ0) is 25.2. The first kappa shape index (κ1) is 24.6. The molecule has 2 aromatic carbocycles. The Kier molecular flexibility index (Phi) is 7.03. The van der Waals surface area contributed by atoms with Gasteiger partial charge in [-0.2, -0.15) is 17.9 Å². The second kappa shape index (κ2) is 10.0. The minimum Gasteiger partial charge on any atom is -0.321 e. The Bertz CT molecular complexity index is 1280. The van der Waals surface area contributed by atoms with Gasteiger partial charge < -0.3 is 5.73 Å². The minimum atomic E-state index is -1.40. The molecule has 1 heterocycles. The number of anilines is 1. The number of benzene rings is 2. The summed E-state index contributed by atoms with van der Waals surface area (Å²) in [5.41, 5.74) is 8.08. The summed E-state index contributed by atoms with van der Waals surface area (Å²) in [5.74, 6) is -1.72. The molecule has 1 amide bonds. The number of nitrogens with zero attached hydrogens (tertiary/aromatic N) is 3. The molecule has 35 heavy (non-hydrogen) atoms. The normalized spacial score (nSPS) is 24.5. The van der Waals surface area contributed by atoms with E-state index in [2.05, 4.69) is 24.0 Å². The van der Waals surface area contributed by atoms with Crippen molar-refractivity contribution in [2.45, 2.75) is 24.7 Å². The lowest BCUT2D eigenvalue weighted by atomic mass is 9.80. The number of amides is 1. The van der Waals surface area contributed by atoms with Crippen LogP contribution in [0.3, 0.4) is 0 Å². The van der Waals surface area contributed by atoms with Crippen LogP contribution >= 0.6 is 12.6 Å². The third-order valence-corrected chi connectivity index (χ3v) is 6.96. The van der Waals surface area contributed by atoms with E-state index in [1.54, 1.807) is 19.2 Å². The molecule has 178 valence electrons. The molecule has 4 atom stereocenters. The van der Waals surface area contributed by atoms with Crippen molar-refractivity contribution in [3.8, 4) is 6.07 Å². The molecule has 2 aliphatic rings. The highest BCUT2D eigenvalue weighted by Gasteiger charge is 2.52. The Morgan fingerprint density at radius 3 is 2.60 bits per heavy atom. The summed E-state index contributed by atoms with van der Waals surface area (Å²) >= 11 is 4.18. The number of carbonyl (C=O) groups is 2. The number of nitrogens with two attached hydrogens (primary N) is 1. The Morgan fingerprint density at radius 1 is 1.26 bits per heavy atom. The Balaban J connectivity index is 2.05. The minimum absolute atomic E-state index is 0.0748. The van der Waals surface area contributed by atoms with Crippen LogP contribution < -0.4 is 16.0 Å². The number of allylic oxidation sites excluding steroid dienone is 2. The fourth-order valence-corrected chi connectivity index (χ4v) is 4.95. The lowest BCUT2D eigenvalue weighted by molar-refractivity contribution is -0.129. The van der Waals surface area contributed by atoms with Gasteiger partial charge in [0.1, 0.15) is 11.6 Å². The summed E-state index contributed by atoms with van der Waals surface area (Å²) in [6.07, 6.45) is 5.41. The number of hydrogen-bond donors (Lipinski definition) is 3. The third-order valence-electron chi connectivity index (χ3n) is 6.57. The smallest absolute Gasteiger partial charge is 0.261 e. The van der Waals surface area contributed by atoms with Crippen molar-refractivity contribution in [2.24, 2.45) is 16.6 Å². The molecule has 4 rings (SSSR count). The number of thiol groups is 1. The maximum Gasteiger partial charge on any atom is 0.261 e. The van der Waals surface area contributed by atoms with Crippen LogP contribution in [0.15, 0.2) is 83.4 Å². The topological polar surface area (TPSA) is 112 Å². The van der Waals surface area contributed by atoms with E-state index >= 15 is 0 Å². The number of rotatable bonds is 6. The van der Waals surface area contributed by atoms with Crippen molar-refractivity contribution in [1.82, 2.24) is 5.32 Å². The first-order valence-electron chi connectivity index (χ1n) is 11.3. The number of hydrogen-bond acceptors (Lipinski definition) is 7. The van der Waals surface area contributed by atoms with E-state index < -0.39 is 35.4 Å². The molecule has 8 heteroatoms. The molecule has 0 saturated heterocycles. The fraction of sp³-hybridized carbons (Fsp3) is 0.259. The van der Waals surface area contributed by atoms with Gasteiger partial charge in [-0.3, -0.25) is 24.8 Å². The van der Waals surface area contributed by atoms with Gasteiger partial charge in [0, 0.05) is 16.9 Å². The summed E-state index contributed by atoms with van der Waals surface area (Å²) in [7, 11) is 1.71. The molecule has 0 fully saturated rings. The maximum absolute atomic E-state index is 14.3. The van der Waals surface area contributed by atoms with Gasteiger partial charge in [0.15, 0.2) is 11.8 Å². The van der Waals surface area contributed by atoms with Crippen molar-refractivity contribution in [2.75, 3.05) is 17.7 Å². The summed E-state index contributed by atoms with van der Waals surface area (Å²) in [5, 5.41) is 13.4. The lowest BCUT2D eigenvalue weighted by Crippen LogP contribution is -2.67. The van der Waals surface area contributed by atoms with E-state index in [-0.39, 0.29) is 5.75 Å². The fourth-order valence-electron chi connectivity index (χ4n) is 4.77.